The first kappa shape index (κ1) is 33.5. The van der Waals surface area contributed by atoms with Gasteiger partial charge in [-0.25, -0.2) is 0 Å². The summed E-state index contributed by atoms with van der Waals surface area (Å²) >= 11 is 0. The maximum absolute atomic E-state index is 6.60. The lowest BCUT2D eigenvalue weighted by Crippen LogP contribution is -2.30. The van der Waals surface area contributed by atoms with E-state index in [1.54, 1.807) is 0 Å². The number of para-hydroxylation sites is 2. The average molecular weight is 752 g/mol. The summed E-state index contributed by atoms with van der Waals surface area (Å²) in [6, 6.07) is 77.4. The topological polar surface area (TPSA) is 12.5 Å². The van der Waals surface area contributed by atoms with Gasteiger partial charge in [-0.3, -0.25) is 0 Å². The first-order valence-corrected chi connectivity index (χ1v) is 20.3. The Labute approximate surface area is 344 Å². The van der Waals surface area contributed by atoms with E-state index in [2.05, 4.69) is 223 Å². The van der Waals surface area contributed by atoms with Gasteiger partial charge in [-0.05, 0) is 115 Å². The minimum Gasteiger partial charge on any atom is -0.456 e. The SMILES string of the molecule is C1=Cc2ccccc2C2(c3ccccc31)c1ccccc1-c1ccc(N(c3ccc(-c4ccccc4)cc3)c3ccc4c(c3)-c3ccccc3Oc3ccccc3-4)cc12. The third-order valence-electron chi connectivity index (χ3n) is 12.5. The lowest BCUT2D eigenvalue weighted by Gasteiger charge is -2.36. The van der Waals surface area contributed by atoms with E-state index >= 15 is 0 Å². The van der Waals surface area contributed by atoms with Crippen molar-refractivity contribution >= 4 is 29.2 Å². The van der Waals surface area contributed by atoms with Gasteiger partial charge in [0, 0.05) is 28.2 Å². The summed E-state index contributed by atoms with van der Waals surface area (Å²) in [5.41, 5.74) is 19.7. The molecule has 9 aromatic rings. The third kappa shape index (κ3) is 5.06. The number of ether oxygens (including phenoxy) is 1. The molecular weight excluding hydrogens is 715 g/mol. The van der Waals surface area contributed by atoms with Crippen molar-refractivity contribution in [2.75, 3.05) is 4.90 Å². The zero-order valence-electron chi connectivity index (χ0n) is 32.2. The van der Waals surface area contributed by atoms with E-state index < -0.39 is 5.41 Å². The lowest BCUT2D eigenvalue weighted by molar-refractivity contribution is 0.488. The molecule has 0 radical (unpaired) electrons. The molecule has 0 saturated carbocycles. The average Bonchev–Trinajstić information content (AvgIpc) is 3.39. The molecule has 3 aliphatic rings. The zero-order chi connectivity index (χ0) is 38.9. The molecule has 0 saturated heterocycles. The van der Waals surface area contributed by atoms with Crippen molar-refractivity contribution in [3.8, 4) is 56.0 Å². The predicted molar refractivity (Wildman–Crippen MR) is 244 cm³/mol. The Balaban J connectivity index is 1.12. The molecule has 1 heterocycles. The lowest BCUT2D eigenvalue weighted by atomic mass is 9.66. The molecule has 0 amide bonds. The molecule has 12 rings (SSSR count). The number of rotatable bonds is 4. The van der Waals surface area contributed by atoms with Crippen molar-refractivity contribution < 1.29 is 4.74 Å². The van der Waals surface area contributed by atoms with Crippen LogP contribution in [0.25, 0.3) is 56.7 Å². The molecule has 0 N–H and O–H groups in total. The van der Waals surface area contributed by atoms with Crippen molar-refractivity contribution in [1.82, 2.24) is 0 Å². The molecule has 0 bridgehead atoms. The zero-order valence-corrected chi connectivity index (χ0v) is 32.2. The van der Waals surface area contributed by atoms with Crippen LogP contribution >= 0.6 is 0 Å². The molecule has 2 heteroatoms. The minimum absolute atomic E-state index is 0.533. The fourth-order valence-corrected chi connectivity index (χ4v) is 9.96. The number of fused-ring (bicyclic) bond motifs is 14. The summed E-state index contributed by atoms with van der Waals surface area (Å²) in [5, 5.41) is 0. The van der Waals surface area contributed by atoms with Gasteiger partial charge in [-0.1, -0.05) is 176 Å². The van der Waals surface area contributed by atoms with Crippen molar-refractivity contribution in [3.63, 3.8) is 0 Å². The van der Waals surface area contributed by atoms with E-state index in [1.165, 1.54) is 55.6 Å². The maximum Gasteiger partial charge on any atom is 0.135 e. The van der Waals surface area contributed by atoms with Crippen molar-refractivity contribution in [2.45, 2.75) is 5.41 Å². The van der Waals surface area contributed by atoms with E-state index in [0.717, 1.165) is 50.8 Å². The predicted octanol–water partition coefficient (Wildman–Crippen LogP) is 15.1. The fourth-order valence-electron chi connectivity index (χ4n) is 9.96. The van der Waals surface area contributed by atoms with Crippen LogP contribution in [-0.2, 0) is 5.41 Å². The molecule has 2 aliphatic carbocycles. The molecule has 0 aromatic heterocycles. The van der Waals surface area contributed by atoms with Crippen LogP contribution in [0.1, 0.15) is 33.4 Å². The molecular formula is C57H37NO. The Hall–Kier alpha value is -7.68. The highest BCUT2D eigenvalue weighted by Gasteiger charge is 2.48. The van der Waals surface area contributed by atoms with Crippen LogP contribution in [0.5, 0.6) is 11.5 Å². The molecule has 1 aliphatic heterocycles. The number of anilines is 3. The highest BCUT2D eigenvalue weighted by atomic mass is 16.5. The Morgan fingerprint density at radius 1 is 0.305 bits per heavy atom. The minimum atomic E-state index is -0.533. The smallest absolute Gasteiger partial charge is 0.135 e. The normalized spacial score (nSPS) is 13.3. The van der Waals surface area contributed by atoms with Crippen molar-refractivity contribution in [3.05, 3.63) is 246 Å². The second-order valence-corrected chi connectivity index (χ2v) is 15.6. The highest BCUT2D eigenvalue weighted by Crippen LogP contribution is 2.59. The Bertz CT molecular complexity index is 3090. The van der Waals surface area contributed by atoms with Gasteiger partial charge < -0.3 is 9.64 Å². The molecule has 276 valence electrons. The number of hydrogen-bond acceptors (Lipinski definition) is 2. The summed E-state index contributed by atoms with van der Waals surface area (Å²) in [5.74, 6) is 1.72. The van der Waals surface area contributed by atoms with Crippen LogP contribution in [0.2, 0.25) is 0 Å². The molecule has 0 unspecified atom stereocenters. The van der Waals surface area contributed by atoms with E-state index in [-0.39, 0.29) is 0 Å². The monoisotopic (exact) mass is 751 g/mol. The second kappa shape index (κ2) is 13.2. The fraction of sp³-hybridized carbons (Fsp3) is 0.0175. The van der Waals surface area contributed by atoms with Gasteiger partial charge in [0.25, 0.3) is 0 Å². The summed E-state index contributed by atoms with van der Waals surface area (Å²) in [6.45, 7) is 0. The van der Waals surface area contributed by atoms with Crippen LogP contribution in [0.4, 0.5) is 17.1 Å². The standard InChI is InChI=1S/C57H37NO/c1-2-14-38(15-3-1)39-28-30-42(31-29-39)58(43-32-34-45-48-19-7-12-24-55(48)59-56-25-13-8-20-49(56)50(45)36-43)44-33-35-47-46-18-6-11-23-53(46)57(54(47)37-44)51-21-9-4-16-40(51)26-27-41-17-5-10-22-52(41)57/h1-37H. The molecule has 2 nitrogen and oxygen atoms in total. The van der Waals surface area contributed by atoms with Gasteiger partial charge in [-0.15, -0.1) is 0 Å². The number of hydrogen-bond donors (Lipinski definition) is 0. The summed E-state index contributed by atoms with van der Waals surface area (Å²) < 4.78 is 6.60. The van der Waals surface area contributed by atoms with E-state index in [1.807, 2.05) is 6.07 Å². The largest absolute Gasteiger partial charge is 0.456 e. The molecule has 1 spiro atoms. The van der Waals surface area contributed by atoms with Crippen LogP contribution < -0.4 is 9.64 Å². The van der Waals surface area contributed by atoms with Gasteiger partial charge in [0.1, 0.15) is 11.5 Å². The summed E-state index contributed by atoms with van der Waals surface area (Å²) in [7, 11) is 0. The number of benzene rings is 9. The van der Waals surface area contributed by atoms with Crippen LogP contribution in [0.3, 0.4) is 0 Å². The Morgan fingerprint density at radius 2 is 0.780 bits per heavy atom. The van der Waals surface area contributed by atoms with Gasteiger partial charge in [0.2, 0.25) is 0 Å². The molecule has 9 aromatic carbocycles. The number of nitrogens with zero attached hydrogens (tertiary/aromatic N) is 1. The third-order valence-corrected chi connectivity index (χ3v) is 12.5. The molecule has 59 heavy (non-hydrogen) atoms. The first-order valence-electron chi connectivity index (χ1n) is 20.3. The molecule has 0 fully saturated rings. The highest BCUT2D eigenvalue weighted by molar-refractivity contribution is 5.96. The Morgan fingerprint density at radius 3 is 1.46 bits per heavy atom. The molecule has 0 atom stereocenters. The van der Waals surface area contributed by atoms with Gasteiger partial charge >= 0.3 is 0 Å². The first-order chi connectivity index (χ1) is 29.3. The van der Waals surface area contributed by atoms with Crippen LogP contribution in [-0.4, -0.2) is 0 Å². The van der Waals surface area contributed by atoms with Crippen molar-refractivity contribution in [1.29, 1.82) is 0 Å². The van der Waals surface area contributed by atoms with Crippen LogP contribution in [0.15, 0.2) is 212 Å². The quantitative estimate of drug-likeness (QED) is 0.178. The van der Waals surface area contributed by atoms with E-state index in [9.17, 15) is 0 Å². The van der Waals surface area contributed by atoms with Gasteiger partial charge in [-0.2, -0.15) is 0 Å². The Kier molecular flexibility index (Phi) is 7.48. The van der Waals surface area contributed by atoms with Crippen LogP contribution in [0, 0.1) is 0 Å². The summed E-state index contributed by atoms with van der Waals surface area (Å²) in [6.07, 6.45) is 4.59. The maximum atomic E-state index is 6.60. The van der Waals surface area contributed by atoms with E-state index in [4.69, 9.17) is 4.74 Å². The van der Waals surface area contributed by atoms with Crippen molar-refractivity contribution in [2.24, 2.45) is 0 Å². The summed E-state index contributed by atoms with van der Waals surface area (Å²) in [4.78, 5) is 2.43. The van der Waals surface area contributed by atoms with Gasteiger partial charge in [0.05, 0.1) is 5.41 Å². The second-order valence-electron chi connectivity index (χ2n) is 15.6. The van der Waals surface area contributed by atoms with E-state index in [0.29, 0.717) is 0 Å². The van der Waals surface area contributed by atoms with Gasteiger partial charge in [0.15, 0.2) is 0 Å².